The van der Waals surface area contributed by atoms with Crippen molar-refractivity contribution in [1.82, 2.24) is 9.80 Å². The molecule has 5 rings (SSSR count). The molecule has 0 aromatic heterocycles. The largest absolute Gasteiger partial charge is 0.450 e. The molecule has 4 saturated carbocycles. The zero-order valence-corrected chi connectivity index (χ0v) is 14.8. The van der Waals surface area contributed by atoms with E-state index in [1.54, 1.807) is 4.90 Å². The zero-order chi connectivity index (χ0) is 16.7. The van der Waals surface area contributed by atoms with Crippen LogP contribution in [0.5, 0.6) is 0 Å². The topological polar surface area (TPSA) is 49.9 Å². The third-order valence-electron chi connectivity index (χ3n) is 6.80. The van der Waals surface area contributed by atoms with Crippen LogP contribution in [0.25, 0.3) is 0 Å². The summed E-state index contributed by atoms with van der Waals surface area (Å²) in [5.41, 5.74) is -0.0617. The Kier molecular flexibility index (Phi) is 4.21. The van der Waals surface area contributed by atoms with Gasteiger partial charge in [0.1, 0.15) is 0 Å². The molecule has 1 heterocycles. The number of hydrogen-bond acceptors (Lipinski definition) is 3. The van der Waals surface area contributed by atoms with E-state index < -0.39 is 0 Å². The van der Waals surface area contributed by atoms with E-state index >= 15 is 0 Å². The molecule has 24 heavy (non-hydrogen) atoms. The van der Waals surface area contributed by atoms with Crippen LogP contribution >= 0.6 is 0 Å². The molecule has 2 amide bonds. The third kappa shape index (κ3) is 2.80. The highest BCUT2D eigenvalue weighted by Gasteiger charge is 2.55. The number of carbonyl (C=O) groups is 2. The van der Waals surface area contributed by atoms with E-state index in [1.165, 1.54) is 19.3 Å². The van der Waals surface area contributed by atoms with E-state index in [1.807, 2.05) is 6.92 Å². The lowest BCUT2D eigenvalue weighted by atomic mass is 9.49. The highest BCUT2D eigenvalue weighted by Crippen LogP contribution is 2.60. The summed E-state index contributed by atoms with van der Waals surface area (Å²) >= 11 is 0. The van der Waals surface area contributed by atoms with Gasteiger partial charge < -0.3 is 14.5 Å². The molecule has 0 spiro atoms. The van der Waals surface area contributed by atoms with Crippen LogP contribution < -0.4 is 0 Å². The molecule has 0 radical (unpaired) electrons. The lowest BCUT2D eigenvalue weighted by Crippen LogP contribution is -2.55. The van der Waals surface area contributed by atoms with Crippen molar-refractivity contribution in [3.63, 3.8) is 0 Å². The van der Waals surface area contributed by atoms with Gasteiger partial charge in [0.05, 0.1) is 12.0 Å². The van der Waals surface area contributed by atoms with Crippen LogP contribution in [0.4, 0.5) is 4.79 Å². The Morgan fingerprint density at radius 2 is 1.46 bits per heavy atom. The van der Waals surface area contributed by atoms with Gasteiger partial charge in [-0.25, -0.2) is 4.79 Å². The Bertz CT molecular complexity index is 483. The highest BCUT2D eigenvalue weighted by atomic mass is 16.6. The number of ether oxygens (including phenoxy) is 1. The summed E-state index contributed by atoms with van der Waals surface area (Å²) in [7, 11) is 0. The number of nitrogens with zero attached hydrogens (tertiary/aromatic N) is 2. The van der Waals surface area contributed by atoms with Crippen molar-refractivity contribution in [2.45, 2.75) is 51.9 Å². The predicted octanol–water partition coefficient (Wildman–Crippen LogP) is 2.89. The van der Waals surface area contributed by atoms with Crippen molar-refractivity contribution in [1.29, 1.82) is 0 Å². The van der Waals surface area contributed by atoms with Gasteiger partial charge in [-0.3, -0.25) is 4.79 Å². The summed E-state index contributed by atoms with van der Waals surface area (Å²) in [6.07, 6.45) is 8.08. The first-order chi connectivity index (χ1) is 11.6. The van der Waals surface area contributed by atoms with Gasteiger partial charge >= 0.3 is 6.09 Å². The molecule has 4 aliphatic carbocycles. The van der Waals surface area contributed by atoms with Crippen molar-refractivity contribution in [3.05, 3.63) is 0 Å². The molecule has 5 fully saturated rings. The van der Waals surface area contributed by atoms with E-state index in [0.717, 1.165) is 50.0 Å². The molecule has 1 aliphatic heterocycles. The Balaban J connectivity index is 1.43. The highest BCUT2D eigenvalue weighted by molar-refractivity contribution is 5.83. The monoisotopic (exact) mass is 334 g/mol. The number of amides is 2. The molecule has 0 atom stereocenters. The fourth-order valence-corrected chi connectivity index (χ4v) is 6.23. The van der Waals surface area contributed by atoms with E-state index in [9.17, 15) is 9.59 Å². The second-order valence-corrected chi connectivity index (χ2v) is 8.53. The quantitative estimate of drug-likeness (QED) is 0.780. The Morgan fingerprint density at radius 3 is 2.04 bits per heavy atom. The minimum absolute atomic E-state index is 0.0617. The minimum atomic E-state index is -0.235. The average Bonchev–Trinajstić information content (AvgIpc) is 2.79. The SMILES string of the molecule is CCOC(=O)N1CCCN(C(=O)C23CC4CC(CC(C4)C2)C3)CC1. The van der Waals surface area contributed by atoms with Gasteiger partial charge in [-0.05, 0) is 69.6 Å². The maximum atomic E-state index is 13.4. The van der Waals surface area contributed by atoms with Gasteiger partial charge in [-0.15, -0.1) is 0 Å². The van der Waals surface area contributed by atoms with Crippen LogP contribution in [0.2, 0.25) is 0 Å². The third-order valence-corrected chi connectivity index (χ3v) is 6.80. The second kappa shape index (κ2) is 6.23. The van der Waals surface area contributed by atoms with Gasteiger partial charge in [0.25, 0.3) is 0 Å². The standard InChI is InChI=1S/C19H30N2O3/c1-2-24-18(23)21-5-3-4-20(6-7-21)17(22)19-11-14-8-15(12-19)10-16(9-14)13-19/h14-16H,2-13H2,1H3. The summed E-state index contributed by atoms with van der Waals surface area (Å²) in [6.45, 7) is 5.00. The first kappa shape index (κ1) is 16.2. The molecule has 4 bridgehead atoms. The van der Waals surface area contributed by atoms with Crippen LogP contribution in [-0.4, -0.2) is 54.6 Å². The van der Waals surface area contributed by atoms with E-state index in [2.05, 4.69) is 4.90 Å². The smallest absolute Gasteiger partial charge is 0.409 e. The molecule has 1 saturated heterocycles. The van der Waals surface area contributed by atoms with Crippen molar-refractivity contribution in [3.8, 4) is 0 Å². The van der Waals surface area contributed by atoms with Crippen LogP contribution in [0.15, 0.2) is 0 Å². The average molecular weight is 334 g/mol. The second-order valence-electron chi connectivity index (χ2n) is 8.53. The summed E-state index contributed by atoms with van der Waals surface area (Å²) in [5, 5.41) is 0. The summed E-state index contributed by atoms with van der Waals surface area (Å²) < 4.78 is 5.12. The van der Waals surface area contributed by atoms with Crippen molar-refractivity contribution in [2.24, 2.45) is 23.2 Å². The molecular formula is C19H30N2O3. The normalized spacial score (nSPS) is 38.1. The maximum absolute atomic E-state index is 13.4. The maximum Gasteiger partial charge on any atom is 0.409 e. The molecule has 0 unspecified atom stereocenters. The van der Waals surface area contributed by atoms with Gasteiger partial charge in [0.15, 0.2) is 0 Å². The fraction of sp³-hybridized carbons (Fsp3) is 0.895. The lowest BCUT2D eigenvalue weighted by Gasteiger charge is -2.56. The van der Waals surface area contributed by atoms with Crippen LogP contribution in [0.3, 0.4) is 0 Å². The molecule has 0 aromatic rings. The molecule has 5 aliphatic rings. The van der Waals surface area contributed by atoms with Crippen LogP contribution in [0.1, 0.15) is 51.9 Å². The van der Waals surface area contributed by atoms with Gasteiger partial charge in [-0.2, -0.15) is 0 Å². The molecular weight excluding hydrogens is 304 g/mol. The van der Waals surface area contributed by atoms with E-state index in [-0.39, 0.29) is 11.5 Å². The van der Waals surface area contributed by atoms with E-state index in [0.29, 0.717) is 32.1 Å². The Labute approximate surface area is 144 Å². The summed E-state index contributed by atoms with van der Waals surface area (Å²) in [6, 6.07) is 0. The fourth-order valence-electron chi connectivity index (χ4n) is 6.23. The first-order valence-electron chi connectivity index (χ1n) is 9.81. The van der Waals surface area contributed by atoms with Crippen molar-refractivity contribution < 1.29 is 14.3 Å². The molecule has 5 nitrogen and oxygen atoms in total. The predicted molar refractivity (Wildman–Crippen MR) is 90.4 cm³/mol. The number of hydrogen-bond donors (Lipinski definition) is 0. The molecule has 0 aromatic carbocycles. The Morgan fingerprint density at radius 1 is 0.917 bits per heavy atom. The zero-order valence-electron chi connectivity index (χ0n) is 14.8. The van der Waals surface area contributed by atoms with Crippen LogP contribution in [-0.2, 0) is 9.53 Å². The number of rotatable bonds is 2. The van der Waals surface area contributed by atoms with Gasteiger partial charge in [-0.1, -0.05) is 0 Å². The van der Waals surface area contributed by atoms with E-state index in [4.69, 9.17) is 4.74 Å². The Hall–Kier alpha value is -1.26. The van der Waals surface area contributed by atoms with Crippen molar-refractivity contribution >= 4 is 12.0 Å². The summed E-state index contributed by atoms with van der Waals surface area (Å²) in [4.78, 5) is 29.2. The van der Waals surface area contributed by atoms with Crippen molar-refractivity contribution in [2.75, 3.05) is 32.8 Å². The molecule has 134 valence electrons. The van der Waals surface area contributed by atoms with Crippen LogP contribution in [0, 0.1) is 23.2 Å². The van der Waals surface area contributed by atoms with Gasteiger partial charge in [0, 0.05) is 26.2 Å². The minimum Gasteiger partial charge on any atom is -0.450 e. The first-order valence-corrected chi connectivity index (χ1v) is 9.81. The summed E-state index contributed by atoms with van der Waals surface area (Å²) in [5.74, 6) is 2.78. The molecule has 0 N–H and O–H groups in total. The van der Waals surface area contributed by atoms with Gasteiger partial charge in [0.2, 0.25) is 5.91 Å². The lowest BCUT2D eigenvalue weighted by molar-refractivity contribution is -0.157. The number of carbonyl (C=O) groups excluding carboxylic acids is 2. The molecule has 5 heteroatoms.